The van der Waals surface area contributed by atoms with Gasteiger partial charge < -0.3 is 9.64 Å². The molecule has 176 valence electrons. The summed E-state index contributed by atoms with van der Waals surface area (Å²) in [4.78, 5) is 22.7. The second-order valence-corrected chi connectivity index (χ2v) is 8.26. The van der Waals surface area contributed by atoms with E-state index in [1.165, 1.54) is 18.5 Å². The number of imidazole rings is 1. The number of carbonyl (C=O) groups is 1. The van der Waals surface area contributed by atoms with Gasteiger partial charge in [-0.25, -0.2) is 13.8 Å². The number of fused-ring (bicyclic) bond motifs is 3. The molecule has 0 bridgehead atoms. The Labute approximate surface area is 187 Å². The van der Waals surface area contributed by atoms with Crippen molar-refractivity contribution in [3.63, 3.8) is 0 Å². The Balaban J connectivity index is 1.49. The Morgan fingerprint density at radius 3 is 2.79 bits per heavy atom. The molecule has 0 spiro atoms. The monoisotopic (exact) mass is 478 g/mol. The highest BCUT2D eigenvalue weighted by molar-refractivity contribution is 5.99. The maximum atomic E-state index is 14.1. The Hall–Kier alpha value is -3.61. The first kappa shape index (κ1) is 21.0. The van der Waals surface area contributed by atoms with E-state index in [1.807, 2.05) is 0 Å². The van der Waals surface area contributed by atoms with Gasteiger partial charge in [0.25, 0.3) is 5.91 Å². The Kier molecular flexibility index (Phi) is 4.43. The molecule has 0 N–H and O–H groups in total. The number of amides is 1. The molecule has 2 unspecified atom stereocenters. The lowest BCUT2D eigenvalue weighted by molar-refractivity contribution is -0.141. The van der Waals surface area contributed by atoms with Gasteiger partial charge in [0, 0.05) is 30.4 Å². The molecule has 0 aromatic carbocycles. The number of pyridine rings is 2. The van der Waals surface area contributed by atoms with E-state index in [2.05, 4.69) is 15.1 Å². The summed E-state index contributed by atoms with van der Waals surface area (Å²) in [6.45, 7) is -0.679. The van der Waals surface area contributed by atoms with Gasteiger partial charge in [0.2, 0.25) is 0 Å². The van der Waals surface area contributed by atoms with Crippen LogP contribution in [0.1, 0.15) is 16.9 Å². The number of ether oxygens (including phenoxy) is 1. The lowest BCUT2D eigenvalue weighted by Crippen LogP contribution is -2.41. The third kappa shape index (κ3) is 3.38. The second kappa shape index (κ2) is 7.19. The highest BCUT2D eigenvalue weighted by atomic mass is 19.4. The zero-order valence-corrected chi connectivity index (χ0v) is 17.3. The van der Waals surface area contributed by atoms with E-state index in [0.29, 0.717) is 30.3 Å². The van der Waals surface area contributed by atoms with Gasteiger partial charge in [-0.1, -0.05) is 0 Å². The average molecular weight is 478 g/mol. The minimum Gasteiger partial charge on any atom is -0.374 e. The molecule has 2 fully saturated rings. The summed E-state index contributed by atoms with van der Waals surface area (Å²) in [5.74, 6) is -2.23. The van der Waals surface area contributed by atoms with Gasteiger partial charge in [0.1, 0.15) is 23.7 Å². The van der Waals surface area contributed by atoms with Crippen LogP contribution in [0, 0.1) is 11.6 Å². The summed E-state index contributed by atoms with van der Waals surface area (Å²) in [7, 11) is 0. The van der Waals surface area contributed by atoms with Crippen molar-refractivity contribution in [2.24, 2.45) is 0 Å². The minimum atomic E-state index is -4.60. The second-order valence-electron chi connectivity index (χ2n) is 8.26. The maximum absolute atomic E-state index is 14.1. The van der Waals surface area contributed by atoms with Crippen molar-refractivity contribution >= 4 is 22.5 Å². The summed E-state index contributed by atoms with van der Waals surface area (Å²) in [5.41, 5.74) is -0.143. The highest BCUT2D eigenvalue weighted by Gasteiger charge is 2.48. The van der Waals surface area contributed by atoms with Gasteiger partial charge in [-0.15, -0.1) is 0 Å². The van der Waals surface area contributed by atoms with Crippen molar-refractivity contribution in [2.45, 2.75) is 31.3 Å². The van der Waals surface area contributed by atoms with Crippen molar-refractivity contribution in [1.29, 1.82) is 0 Å². The first-order valence-corrected chi connectivity index (χ1v) is 10.4. The van der Waals surface area contributed by atoms with Crippen LogP contribution >= 0.6 is 0 Å². The zero-order valence-electron chi connectivity index (χ0n) is 17.3. The fourth-order valence-corrected chi connectivity index (χ4v) is 4.39. The first-order valence-electron chi connectivity index (χ1n) is 10.4. The lowest BCUT2D eigenvalue weighted by Gasteiger charge is -2.26. The van der Waals surface area contributed by atoms with Crippen LogP contribution < -0.4 is 0 Å². The topological polar surface area (TPSA) is 77.6 Å². The molecule has 2 aliphatic rings. The predicted octanol–water partition coefficient (Wildman–Crippen LogP) is 3.20. The SMILES string of the molecule is O=C(c1cc2c(cn1)c(-c1cnc3c(F)cc(F)cn13)nn2CC(F)(F)F)N1CCOC2CC21. The van der Waals surface area contributed by atoms with E-state index in [9.17, 15) is 26.7 Å². The van der Waals surface area contributed by atoms with E-state index in [0.717, 1.165) is 10.6 Å². The molecule has 2 atom stereocenters. The van der Waals surface area contributed by atoms with Crippen LogP contribution in [0.5, 0.6) is 0 Å². The highest BCUT2D eigenvalue weighted by Crippen LogP contribution is 2.36. The smallest absolute Gasteiger partial charge is 0.374 e. The number of alkyl halides is 3. The fourth-order valence-electron chi connectivity index (χ4n) is 4.39. The zero-order chi connectivity index (χ0) is 23.8. The fraction of sp³-hybridized carbons (Fsp3) is 0.333. The number of halogens is 5. The number of morpholine rings is 1. The largest absolute Gasteiger partial charge is 0.408 e. The number of rotatable bonds is 3. The van der Waals surface area contributed by atoms with Crippen LogP contribution in [0.25, 0.3) is 27.9 Å². The van der Waals surface area contributed by atoms with Crippen molar-refractivity contribution in [2.75, 3.05) is 13.2 Å². The molecule has 13 heteroatoms. The molecular weight excluding hydrogens is 463 g/mol. The molecule has 1 amide bonds. The molecular formula is C21H15F5N6O2. The van der Waals surface area contributed by atoms with Crippen LogP contribution in [-0.2, 0) is 11.3 Å². The number of hydrogen-bond acceptors (Lipinski definition) is 5. The summed E-state index contributed by atoms with van der Waals surface area (Å²) in [5, 5.41) is 4.25. The molecule has 4 aromatic heterocycles. The van der Waals surface area contributed by atoms with Gasteiger partial charge in [-0.2, -0.15) is 18.3 Å². The number of hydrogen-bond donors (Lipinski definition) is 0. The Morgan fingerprint density at radius 2 is 2.00 bits per heavy atom. The molecule has 1 aliphatic carbocycles. The normalized spacial score (nSPS) is 20.2. The van der Waals surface area contributed by atoms with E-state index >= 15 is 0 Å². The summed E-state index contributed by atoms with van der Waals surface area (Å²) < 4.78 is 75.1. The molecule has 1 aliphatic heterocycles. The number of carbonyl (C=O) groups excluding carboxylic acids is 1. The molecule has 34 heavy (non-hydrogen) atoms. The van der Waals surface area contributed by atoms with E-state index in [4.69, 9.17) is 4.74 Å². The van der Waals surface area contributed by atoms with Gasteiger partial charge in [0.05, 0.1) is 36.2 Å². The molecule has 4 aromatic rings. The molecule has 6 rings (SSSR count). The minimum absolute atomic E-state index is 0.00289. The Morgan fingerprint density at radius 1 is 1.18 bits per heavy atom. The van der Waals surface area contributed by atoms with Crippen molar-refractivity contribution < 1.29 is 31.5 Å². The Bertz CT molecular complexity index is 1460. The third-order valence-electron chi connectivity index (χ3n) is 5.98. The van der Waals surface area contributed by atoms with E-state index in [-0.39, 0.29) is 45.8 Å². The number of aromatic nitrogens is 5. The third-order valence-corrected chi connectivity index (χ3v) is 5.98. The average Bonchev–Trinajstić information content (AvgIpc) is 3.34. The number of nitrogens with zero attached hydrogens (tertiary/aromatic N) is 6. The molecule has 1 saturated carbocycles. The molecule has 1 saturated heterocycles. The van der Waals surface area contributed by atoms with Crippen LogP contribution in [0.4, 0.5) is 22.0 Å². The lowest BCUT2D eigenvalue weighted by atomic mass is 10.2. The van der Waals surface area contributed by atoms with Gasteiger partial charge >= 0.3 is 6.18 Å². The van der Waals surface area contributed by atoms with Gasteiger partial charge in [0.15, 0.2) is 11.5 Å². The quantitative estimate of drug-likeness (QED) is 0.423. The van der Waals surface area contributed by atoms with E-state index < -0.39 is 30.3 Å². The van der Waals surface area contributed by atoms with Crippen LogP contribution in [0.2, 0.25) is 0 Å². The van der Waals surface area contributed by atoms with Crippen LogP contribution in [0.3, 0.4) is 0 Å². The van der Waals surface area contributed by atoms with Crippen LogP contribution in [0.15, 0.2) is 30.7 Å². The molecule has 8 nitrogen and oxygen atoms in total. The summed E-state index contributed by atoms with van der Waals surface area (Å²) >= 11 is 0. The summed E-state index contributed by atoms with van der Waals surface area (Å²) in [6, 6.07) is 1.86. The van der Waals surface area contributed by atoms with Crippen molar-refractivity contribution in [3.8, 4) is 11.4 Å². The first-order chi connectivity index (χ1) is 16.2. The molecule has 0 radical (unpaired) electrons. The predicted molar refractivity (Wildman–Crippen MR) is 107 cm³/mol. The van der Waals surface area contributed by atoms with E-state index in [1.54, 1.807) is 4.90 Å². The van der Waals surface area contributed by atoms with Gasteiger partial charge in [-0.05, 0) is 12.5 Å². The summed E-state index contributed by atoms with van der Waals surface area (Å²) in [6.07, 6.45) is -0.501. The van der Waals surface area contributed by atoms with Crippen molar-refractivity contribution in [3.05, 3.63) is 48.1 Å². The maximum Gasteiger partial charge on any atom is 0.408 e. The van der Waals surface area contributed by atoms with Crippen molar-refractivity contribution in [1.82, 2.24) is 29.0 Å². The standard InChI is InChI=1S/C21H15F5N6O2/c22-10-3-12(23)19-28-7-16(31(19)8-10)18-11-6-27-13(4-14(11)32(29-18)9-21(24,25)26)20(33)30-1-2-34-17-5-15(17)30/h3-4,6-8,15,17H,1-2,5,9H2. The molecule has 5 heterocycles. The van der Waals surface area contributed by atoms with Gasteiger partial charge in [-0.3, -0.25) is 18.9 Å². The van der Waals surface area contributed by atoms with Crippen LogP contribution in [-0.4, -0.2) is 66.4 Å².